The maximum Gasteiger partial charge on any atom is 0.261 e. The summed E-state index contributed by atoms with van der Waals surface area (Å²) in [4.78, 5) is 0.180. The molecule has 0 aliphatic rings. The van der Waals surface area contributed by atoms with Crippen LogP contribution < -0.4 is 4.72 Å². The molecule has 0 saturated heterocycles. The van der Waals surface area contributed by atoms with E-state index in [1.807, 2.05) is 13.8 Å². The highest BCUT2D eigenvalue weighted by Crippen LogP contribution is 2.38. The van der Waals surface area contributed by atoms with Crippen LogP contribution in [0.4, 0.5) is 5.69 Å². The van der Waals surface area contributed by atoms with Gasteiger partial charge in [-0.2, -0.15) is 0 Å². The van der Waals surface area contributed by atoms with E-state index in [1.165, 1.54) is 6.07 Å². The number of sulfonamides is 1. The molecule has 4 nitrogen and oxygen atoms in total. The maximum atomic E-state index is 12.7. The number of hydrogen-bond donors (Lipinski definition) is 2. The quantitative estimate of drug-likeness (QED) is 0.669. The van der Waals surface area contributed by atoms with Crippen LogP contribution in [-0.4, -0.2) is 13.5 Å². The molecular formula is C18H16ClNO3S. The van der Waals surface area contributed by atoms with Gasteiger partial charge in [0.25, 0.3) is 10.0 Å². The Morgan fingerprint density at radius 2 is 1.62 bits per heavy atom. The zero-order valence-electron chi connectivity index (χ0n) is 13.2. The van der Waals surface area contributed by atoms with Crippen molar-refractivity contribution in [3.8, 4) is 5.75 Å². The molecule has 0 aliphatic carbocycles. The third kappa shape index (κ3) is 2.92. The molecule has 2 N–H and O–H groups in total. The fourth-order valence-corrected chi connectivity index (χ4v) is 3.86. The van der Waals surface area contributed by atoms with Gasteiger partial charge in [0.1, 0.15) is 5.75 Å². The SMILES string of the molecule is Cc1ccc(S(=O)(=O)Nc2cc(Cl)c(O)c3ccccc23)cc1C. The molecule has 0 atom stereocenters. The van der Waals surface area contributed by atoms with Gasteiger partial charge >= 0.3 is 0 Å². The van der Waals surface area contributed by atoms with E-state index in [1.54, 1.807) is 42.5 Å². The zero-order chi connectivity index (χ0) is 17.5. The van der Waals surface area contributed by atoms with Crippen molar-refractivity contribution in [2.24, 2.45) is 0 Å². The minimum Gasteiger partial charge on any atom is -0.506 e. The van der Waals surface area contributed by atoms with E-state index in [-0.39, 0.29) is 15.7 Å². The average molecular weight is 362 g/mol. The highest BCUT2D eigenvalue weighted by molar-refractivity contribution is 7.92. The Morgan fingerprint density at radius 3 is 2.29 bits per heavy atom. The van der Waals surface area contributed by atoms with Crippen LogP contribution in [0.3, 0.4) is 0 Å². The summed E-state index contributed by atoms with van der Waals surface area (Å²) in [5.41, 5.74) is 2.24. The molecule has 0 radical (unpaired) electrons. The number of halogens is 1. The van der Waals surface area contributed by atoms with E-state index in [2.05, 4.69) is 4.72 Å². The number of fused-ring (bicyclic) bond motifs is 1. The van der Waals surface area contributed by atoms with E-state index in [0.29, 0.717) is 16.5 Å². The fourth-order valence-electron chi connectivity index (χ4n) is 2.50. The van der Waals surface area contributed by atoms with Gasteiger partial charge in [0.05, 0.1) is 15.6 Å². The van der Waals surface area contributed by atoms with Gasteiger partial charge < -0.3 is 5.11 Å². The summed E-state index contributed by atoms with van der Waals surface area (Å²) >= 11 is 6.03. The highest BCUT2D eigenvalue weighted by Gasteiger charge is 2.18. The smallest absolute Gasteiger partial charge is 0.261 e. The van der Waals surface area contributed by atoms with Crippen molar-refractivity contribution in [3.05, 3.63) is 64.7 Å². The summed E-state index contributed by atoms with van der Waals surface area (Å²) in [6, 6.07) is 13.3. The predicted molar refractivity (Wildman–Crippen MR) is 97.3 cm³/mol. The van der Waals surface area contributed by atoms with E-state index < -0.39 is 10.0 Å². The summed E-state index contributed by atoms with van der Waals surface area (Å²) < 4.78 is 27.9. The molecule has 0 spiro atoms. The summed E-state index contributed by atoms with van der Waals surface area (Å²) in [5, 5.41) is 11.2. The maximum absolute atomic E-state index is 12.7. The van der Waals surface area contributed by atoms with Gasteiger partial charge in [-0.15, -0.1) is 0 Å². The Morgan fingerprint density at radius 1 is 0.958 bits per heavy atom. The number of anilines is 1. The van der Waals surface area contributed by atoms with Crippen LogP contribution in [0.2, 0.25) is 5.02 Å². The topological polar surface area (TPSA) is 66.4 Å². The molecule has 3 rings (SSSR count). The molecule has 3 aromatic rings. The minimum atomic E-state index is -3.76. The van der Waals surface area contributed by atoms with Crippen molar-refractivity contribution in [1.82, 2.24) is 0 Å². The van der Waals surface area contributed by atoms with E-state index in [9.17, 15) is 13.5 Å². The molecular weight excluding hydrogens is 346 g/mol. The van der Waals surface area contributed by atoms with Gasteiger partial charge in [-0.1, -0.05) is 41.9 Å². The van der Waals surface area contributed by atoms with Crippen molar-refractivity contribution in [2.75, 3.05) is 4.72 Å². The molecule has 0 fully saturated rings. The van der Waals surface area contributed by atoms with E-state index in [0.717, 1.165) is 11.1 Å². The largest absolute Gasteiger partial charge is 0.506 e. The van der Waals surface area contributed by atoms with Crippen molar-refractivity contribution < 1.29 is 13.5 Å². The molecule has 0 heterocycles. The average Bonchev–Trinajstić information content (AvgIpc) is 2.54. The Bertz CT molecular complexity index is 1050. The van der Waals surface area contributed by atoms with Crippen LogP contribution in [0.15, 0.2) is 53.4 Å². The molecule has 6 heteroatoms. The number of aryl methyl sites for hydroxylation is 2. The number of nitrogens with one attached hydrogen (secondary N) is 1. The molecule has 3 aromatic carbocycles. The van der Waals surface area contributed by atoms with Gasteiger partial charge in [-0.25, -0.2) is 8.42 Å². The molecule has 0 aromatic heterocycles. The standard InChI is InChI=1S/C18H16ClNO3S/c1-11-7-8-13(9-12(11)2)24(22,23)20-17-10-16(19)18(21)15-6-4-3-5-14(15)17/h3-10,20-21H,1-2H3. The van der Waals surface area contributed by atoms with Crippen LogP contribution in [0.5, 0.6) is 5.75 Å². The number of phenolic OH excluding ortho intramolecular Hbond substituents is 1. The molecule has 0 unspecified atom stereocenters. The van der Waals surface area contributed by atoms with Crippen LogP contribution >= 0.6 is 11.6 Å². The van der Waals surface area contributed by atoms with Crippen LogP contribution in [0, 0.1) is 13.8 Å². The third-order valence-corrected chi connectivity index (χ3v) is 5.65. The fraction of sp³-hybridized carbons (Fsp3) is 0.111. The van der Waals surface area contributed by atoms with Crippen molar-refractivity contribution >= 4 is 38.1 Å². The second kappa shape index (κ2) is 6.00. The number of hydrogen-bond acceptors (Lipinski definition) is 3. The summed E-state index contributed by atoms with van der Waals surface area (Å²) in [7, 11) is -3.76. The Balaban J connectivity index is 2.12. The number of phenols is 1. The van der Waals surface area contributed by atoms with Gasteiger partial charge in [-0.3, -0.25) is 4.72 Å². The molecule has 0 amide bonds. The van der Waals surface area contributed by atoms with Crippen LogP contribution in [-0.2, 0) is 10.0 Å². The second-order valence-corrected chi connectivity index (χ2v) is 7.74. The molecule has 124 valence electrons. The first kappa shape index (κ1) is 16.6. The van der Waals surface area contributed by atoms with Gasteiger partial charge in [-0.05, 0) is 43.2 Å². The van der Waals surface area contributed by atoms with Crippen molar-refractivity contribution in [1.29, 1.82) is 0 Å². The lowest BCUT2D eigenvalue weighted by Gasteiger charge is -2.13. The summed E-state index contributed by atoms with van der Waals surface area (Å²) in [6.45, 7) is 3.79. The summed E-state index contributed by atoms with van der Waals surface area (Å²) in [6.07, 6.45) is 0. The van der Waals surface area contributed by atoms with E-state index in [4.69, 9.17) is 11.6 Å². The number of aromatic hydroxyl groups is 1. The Kier molecular flexibility index (Phi) is 4.15. The minimum absolute atomic E-state index is 0.0682. The van der Waals surface area contributed by atoms with Gasteiger partial charge in [0, 0.05) is 10.8 Å². The summed E-state index contributed by atoms with van der Waals surface area (Å²) in [5.74, 6) is -0.0682. The molecule has 0 bridgehead atoms. The lowest BCUT2D eigenvalue weighted by atomic mass is 10.1. The lowest BCUT2D eigenvalue weighted by molar-refractivity contribution is 0.482. The zero-order valence-corrected chi connectivity index (χ0v) is 14.7. The molecule has 24 heavy (non-hydrogen) atoms. The monoisotopic (exact) mass is 361 g/mol. The highest BCUT2D eigenvalue weighted by atomic mass is 35.5. The molecule has 0 saturated carbocycles. The normalized spacial score (nSPS) is 11.6. The lowest BCUT2D eigenvalue weighted by Crippen LogP contribution is -2.13. The first-order chi connectivity index (χ1) is 11.3. The van der Waals surface area contributed by atoms with Gasteiger partial charge in [0.15, 0.2) is 0 Å². The van der Waals surface area contributed by atoms with Crippen molar-refractivity contribution in [3.63, 3.8) is 0 Å². The Hall–Kier alpha value is -2.24. The predicted octanol–water partition coefficient (Wildman–Crippen LogP) is 4.62. The Labute approximate surface area is 145 Å². The number of rotatable bonds is 3. The molecule has 0 aliphatic heterocycles. The number of benzene rings is 3. The third-order valence-electron chi connectivity index (χ3n) is 4.00. The van der Waals surface area contributed by atoms with Gasteiger partial charge in [0.2, 0.25) is 0 Å². The van der Waals surface area contributed by atoms with Crippen molar-refractivity contribution in [2.45, 2.75) is 18.7 Å². The van der Waals surface area contributed by atoms with E-state index >= 15 is 0 Å². The van der Waals surface area contributed by atoms with Crippen LogP contribution in [0.1, 0.15) is 11.1 Å². The van der Waals surface area contributed by atoms with Crippen LogP contribution in [0.25, 0.3) is 10.8 Å². The second-order valence-electron chi connectivity index (χ2n) is 5.65. The first-order valence-corrected chi connectivity index (χ1v) is 9.16. The first-order valence-electron chi connectivity index (χ1n) is 7.30.